The SMILES string of the molecule is CN(CC=Cc1ccccc1)C(=O)O. The molecule has 1 aromatic carbocycles. The van der Waals surface area contributed by atoms with E-state index in [1.807, 2.05) is 42.5 Å². The summed E-state index contributed by atoms with van der Waals surface area (Å²) in [6.45, 7) is 0.407. The van der Waals surface area contributed by atoms with Crippen LogP contribution in [-0.2, 0) is 0 Å². The van der Waals surface area contributed by atoms with Gasteiger partial charge in [-0.1, -0.05) is 42.5 Å². The molecule has 74 valence electrons. The number of hydrogen-bond donors (Lipinski definition) is 1. The van der Waals surface area contributed by atoms with Crippen LogP contribution in [0.5, 0.6) is 0 Å². The molecule has 0 spiro atoms. The number of rotatable bonds is 3. The Kier molecular flexibility index (Phi) is 3.73. The Morgan fingerprint density at radius 1 is 1.43 bits per heavy atom. The Balaban J connectivity index is 2.46. The van der Waals surface area contributed by atoms with Crippen LogP contribution >= 0.6 is 0 Å². The summed E-state index contributed by atoms with van der Waals surface area (Å²) in [6, 6.07) is 9.77. The molecule has 0 bridgehead atoms. The van der Waals surface area contributed by atoms with Gasteiger partial charge in [0.15, 0.2) is 0 Å². The zero-order valence-electron chi connectivity index (χ0n) is 8.05. The highest BCUT2D eigenvalue weighted by atomic mass is 16.4. The van der Waals surface area contributed by atoms with Crippen LogP contribution in [0.25, 0.3) is 6.08 Å². The molecule has 0 aliphatic carbocycles. The number of carboxylic acid groups (broad SMARTS) is 1. The fraction of sp³-hybridized carbons (Fsp3) is 0.182. The van der Waals surface area contributed by atoms with Gasteiger partial charge >= 0.3 is 6.09 Å². The molecule has 0 aliphatic rings. The van der Waals surface area contributed by atoms with Crippen LogP contribution in [0.3, 0.4) is 0 Å². The van der Waals surface area contributed by atoms with Gasteiger partial charge in [-0.05, 0) is 5.56 Å². The molecule has 0 aromatic heterocycles. The van der Waals surface area contributed by atoms with Gasteiger partial charge in [0.1, 0.15) is 0 Å². The van der Waals surface area contributed by atoms with E-state index in [1.54, 1.807) is 0 Å². The summed E-state index contributed by atoms with van der Waals surface area (Å²) in [5.74, 6) is 0. The van der Waals surface area contributed by atoms with E-state index >= 15 is 0 Å². The van der Waals surface area contributed by atoms with Crippen molar-refractivity contribution < 1.29 is 9.90 Å². The van der Waals surface area contributed by atoms with Gasteiger partial charge in [-0.25, -0.2) is 4.79 Å². The molecule has 3 heteroatoms. The maximum atomic E-state index is 10.4. The second kappa shape index (κ2) is 5.07. The summed E-state index contributed by atoms with van der Waals surface area (Å²) in [6.07, 6.45) is 2.81. The van der Waals surface area contributed by atoms with Gasteiger partial charge in [0, 0.05) is 13.6 Å². The van der Waals surface area contributed by atoms with E-state index in [0.29, 0.717) is 6.54 Å². The van der Waals surface area contributed by atoms with Gasteiger partial charge in [-0.3, -0.25) is 0 Å². The average Bonchev–Trinajstić information content (AvgIpc) is 2.19. The Morgan fingerprint density at radius 3 is 2.64 bits per heavy atom. The molecule has 0 saturated carbocycles. The van der Waals surface area contributed by atoms with Crippen molar-refractivity contribution in [1.29, 1.82) is 0 Å². The summed E-state index contributed by atoms with van der Waals surface area (Å²) in [5, 5.41) is 8.57. The fourth-order valence-electron chi connectivity index (χ4n) is 0.989. The Bertz CT molecular complexity index is 319. The minimum atomic E-state index is -0.914. The lowest BCUT2D eigenvalue weighted by atomic mass is 10.2. The lowest BCUT2D eigenvalue weighted by molar-refractivity contribution is 0.160. The Hall–Kier alpha value is -1.77. The molecule has 0 fully saturated rings. The molecule has 3 nitrogen and oxygen atoms in total. The second-order valence-corrected chi connectivity index (χ2v) is 2.98. The molecular formula is C11H13NO2. The highest BCUT2D eigenvalue weighted by Crippen LogP contribution is 2.00. The van der Waals surface area contributed by atoms with Crippen LogP contribution in [0, 0.1) is 0 Å². The first-order valence-electron chi connectivity index (χ1n) is 4.36. The quantitative estimate of drug-likeness (QED) is 0.796. The lowest BCUT2D eigenvalue weighted by Crippen LogP contribution is -2.24. The molecule has 1 amide bonds. The largest absolute Gasteiger partial charge is 0.465 e. The third-order valence-electron chi connectivity index (χ3n) is 1.82. The van der Waals surface area contributed by atoms with Crippen molar-refractivity contribution in [3.8, 4) is 0 Å². The van der Waals surface area contributed by atoms with Crippen LogP contribution in [0.4, 0.5) is 4.79 Å². The number of hydrogen-bond acceptors (Lipinski definition) is 1. The molecule has 0 aliphatic heterocycles. The van der Waals surface area contributed by atoms with Crippen LogP contribution in [0.2, 0.25) is 0 Å². The number of carbonyl (C=O) groups is 1. The molecule has 0 saturated heterocycles. The van der Waals surface area contributed by atoms with E-state index < -0.39 is 6.09 Å². The van der Waals surface area contributed by atoms with Crippen molar-refractivity contribution in [1.82, 2.24) is 4.90 Å². The number of likely N-dealkylation sites (N-methyl/N-ethyl adjacent to an activating group) is 1. The van der Waals surface area contributed by atoms with Crippen molar-refractivity contribution in [2.45, 2.75) is 0 Å². The van der Waals surface area contributed by atoms with Gasteiger partial charge in [-0.15, -0.1) is 0 Å². The highest BCUT2D eigenvalue weighted by molar-refractivity contribution is 5.65. The monoisotopic (exact) mass is 191 g/mol. The second-order valence-electron chi connectivity index (χ2n) is 2.98. The van der Waals surface area contributed by atoms with Crippen molar-refractivity contribution in [3.05, 3.63) is 42.0 Å². The Morgan fingerprint density at radius 2 is 2.07 bits per heavy atom. The predicted molar refractivity (Wildman–Crippen MR) is 56.1 cm³/mol. The first-order valence-corrected chi connectivity index (χ1v) is 4.36. The number of nitrogens with zero attached hydrogens (tertiary/aromatic N) is 1. The maximum Gasteiger partial charge on any atom is 0.407 e. The van der Waals surface area contributed by atoms with Crippen molar-refractivity contribution >= 4 is 12.2 Å². The summed E-state index contributed by atoms with van der Waals surface area (Å²) < 4.78 is 0. The van der Waals surface area contributed by atoms with Crippen LogP contribution in [-0.4, -0.2) is 29.7 Å². The summed E-state index contributed by atoms with van der Waals surface area (Å²) in [7, 11) is 1.54. The standard InChI is InChI=1S/C11H13NO2/c1-12(11(13)14)9-5-8-10-6-3-2-4-7-10/h2-8H,9H2,1H3,(H,13,14). The molecule has 1 rings (SSSR count). The Labute approximate surface area is 83.3 Å². The topological polar surface area (TPSA) is 40.5 Å². The van der Waals surface area contributed by atoms with Gasteiger partial charge in [0.25, 0.3) is 0 Å². The van der Waals surface area contributed by atoms with E-state index in [4.69, 9.17) is 5.11 Å². The first kappa shape index (κ1) is 10.3. The van der Waals surface area contributed by atoms with Gasteiger partial charge in [0.05, 0.1) is 0 Å². The van der Waals surface area contributed by atoms with Crippen molar-refractivity contribution in [3.63, 3.8) is 0 Å². The molecule has 0 unspecified atom stereocenters. The lowest BCUT2D eigenvalue weighted by Gasteiger charge is -2.08. The zero-order valence-corrected chi connectivity index (χ0v) is 8.05. The molecule has 0 heterocycles. The molecule has 1 N–H and O–H groups in total. The predicted octanol–water partition coefficient (Wildman–Crippen LogP) is 2.31. The summed E-state index contributed by atoms with van der Waals surface area (Å²) in [5.41, 5.74) is 1.08. The van der Waals surface area contributed by atoms with E-state index in [0.717, 1.165) is 5.56 Å². The van der Waals surface area contributed by atoms with Gasteiger partial charge in [0.2, 0.25) is 0 Å². The summed E-state index contributed by atoms with van der Waals surface area (Å²) >= 11 is 0. The fourth-order valence-corrected chi connectivity index (χ4v) is 0.989. The van der Waals surface area contributed by atoms with E-state index in [9.17, 15) is 4.79 Å². The van der Waals surface area contributed by atoms with E-state index in [1.165, 1.54) is 11.9 Å². The van der Waals surface area contributed by atoms with Gasteiger partial charge < -0.3 is 10.0 Å². The smallest absolute Gasteiger partial charge is 0.407 e. The van der Waals surface area contributed by atoms with Gasteiger partial charge in [-0.2, -0.15) is 0 Å². The average molecular weight is 191 g/mol. The molecular weight excluding hydrogens is 178 g/mol. The minimum Gasteiger partial charge on any atom is -0.465 e. The van der Waals surface area contributed by atoms with Crippen LogP contribution < -0.4 is 0 Å². The van der Waals surface area contributed by atoms with E-state index in [2.05, 4.69) is 0 Å². The molecule has 0 atom stereocenters. The summed E-state index contributed by atoms with van der Waals surface area (Å²) in [4.78, 5) is 11.7. The first-order chi connectivity index (χ1) is 6.70. The number of benzene rings is 1. The zero-order chi connectivity index (χ0) is 10.4. The third-order valence-corrected chi connectivity index (χ3v) is 1.82. The van der Waals surface area contributed by atoms with Crippen LogP contribution in [0.1, 0.15) is 5.56 Å². The molecule has 1 aromatic rings. The van der Waals surface area contributed by atoms with E-state index in [-0.39, 0.29) is 0 Å². The van der Waals surface area contributed by atoms with Crippen LogP contribution in [0.15, 0.2) is 36.4 Å². The number of amides is 1. The minimum absolute atomic E-state index is 0.407. The molecule has 0 radical (unpaired) electrons. The normalized spacial score (nSPS) is 10.4. The van der Waals surface area contributed by atoms with Crippen molar-refractivity contribution in [2.24, 2.45) is 0 Å². The molecule has 14 heavy (non-hydrogen) atoms. The third kappa shape index (κ3) is 3.31. The highest BCUT2D eigenvalue weighted by Gasteiger charge is 2.00. The maximum absolute atomic E-state index is 10.4. The van der Waals surface area contributed by atoms with Crippen molar-refractivity contribution in [2.75, 3.05) is 13.6 Å².